The van der Waals surface area contributed by atoms with Gasteiger partial charge in [-0.3, -0.25) is 0 Å². The summed E-state index contributed by atoms with van der Waals surface area (Å²) in [7, 11) is 0. The van der Waals surface area contributed by atoms with Crippen molar-refractivity contribution in [3.8, 4) is 11.1 Å². The average Bonchev–Trinajstić information content (AvgIpc) is 3.05. The van der Waals surface area contributed by atoms with Crippen molar-refractivity contribution < 1.29 is 18.9 Å². The zero-order chi connectivity index (χ0) is 11.9. The fourth-order valence-corrected chi connectivity index (χ4v) is 2.89. The third-order valence-corrected chi connectivity index (χ3v) is 3.82. The molecule has 0 saturated heterocycles. The van der Waals surface area contributed by atoms with Crippen molar-refractivity contribution in [3.05, 3.63) is 77.4 Å². The molecule has 0 heterocycles. The maximum Gasteiger partial charge on any atom is 1.00 e. The molecule has 0 saturated carbocycles. The topological polar surface area (TPSA) is 0 Å². The summed E-state index contributed by atoms with van der Waals surface area (Å²) >= 11 is 0. The minimum absolute atomic E-state index is 0. The number of fused-ring (bicyclic) bond motifs is 3. The molecule has 0 bridgehead atoms. The minimum atomic E-state index is 0. The van der Waals surface area contributed by atoms with Crippen LogP contribution >= 0.6 is 0 Å². The molecule has 0 atom stereocenters. The van der Waals surface area contributed by atoms with E-state index in [4.69, 9.17) is 0 Å². The fourth-order valence-electron chi connectivity index (χ4n) is 2.89. The van der Waals surface area contributed by atoms with Gasteiger partial charge in [0.25, 0.3) is 0 Å². The van der Waals surface area contributed by atoms with E-state index in [1.807, 2.05) is 0 Å². The Morgan fingerprint density at radius 3 is 2.68 bits per heavy atom. The van der Waals surface area contributed by atoms with Gasteiger partial charge in [-0.05, 0) is 18.4 Å². The van der Waals surface area contributed by atoms with Gasteiger partial charge in [0, 0.05) is 0 Å². The third kappa shape index (κ3) is 2.02. The Hall–Kier alpha value is -1.48. The van der Waals surface area contributed by atoms with E-state index in [0.29, 0.717) is 0 Å². The number of hydrogen-bond donors (Lipinski definition) is 0. The first kappa shape index (κ1) is 12.5. The molecule has 19 heavy (non-hydrogen) atoms. The molecule has 0 radical (unpaired) electrons. The van der Waals surface area contributed by atoms with Gasteiger partial charge in [0.1, 0.15) is 0 Å². The molecule has 2 aliphatic rings. The molecule has 4 rings (SSSR count). The van der Waals surface area contributed by atoms with Gasteiger partial charge in [-0.2, -0.15) is 0 Å². The molecule has 0 aliphatic heterocycles. The Kier molecular flexibility index (Phi) is 3.23. The van der Waals surface area contributed by atoms with Crippen molar-refractivity contribution in [1.82, 2.24) is 0 Å². The van der Waals surface area contributed by atoms with E-state index < -0.39 is 0 Å². The number of rotatable bonds is 1. The van der Waals surface area contributed by atoms with E-state index in [2.05, 4.69) is 60.7 Å². The molecule has 0 unspecified atom stereocenters. The van der Waals surface area contributed by atoms with Crippen molar-refractivity contribution in [1.29, 1.82) is 0 Å². The van der Waals surface area contributed by atoms with Crippen LogP contribution in [0.3, 0.4) is 0 Å². The first-order valence-electron chi connectivity index (χ1n) is 6.41. The summed E-state index contributed by atoms with van der Waals surface area (Å²) in [5.74, 6) is 0. The largest absolute Gasteiger partial charge is 1.00 e. The van der Waals surface area contributed by atoms with Gasteiger partial charge in [0.2, 0.25) is 0 Å². The second-order valence-corrected chi connectivity index (χ2v) is 4.92. The molecule has 86 valence electrons. The van der Waals surface area contributed by atoms with E-state index in [1.165, 1.54) is 33.4 Å². The van der Waals surface area contributed by atoms with Crippen molar-refractivity contribution in [2.45, 2.75) is 12.8 Å². The maximum absolute atomic E-state index is 3.61. The number of hydrogen-bond acceptors (Lipinski definition) is 0. The van der Waals surface area contributed by atoms with Gasteiger partial charge in [0.15, 0.2) is 0 Å². The van der Waals surface area contributed by atoms with Gasteiger partial charge < -0.3 is 0 Å². The van der Waals surface area contributed by atoms with E-state index in [0.717, 1.165) is 12.8 Å². The normalized spacial score (nSPS) is 14.6. The van der Waals surface area contributed by atoms with Crippen molar-refractivity contribution in [2.75, 3.05) is 0 Å². The minimum Gasteiger partial charge on any atom is -0.147 e. The van der Waals surface area contributed by atoms with Crippen LogP contribution in [0.25, 0.3) is 16.7 Å². The molecule has 1 heteroatoms. The first-order chi connectivity index (χ1) is 8.92. The first-order valence-corrected chi connectivity index (χ1v) is 6.41. The molecule has 2 aromatic carbocycles. The number of benzene rings is 2. The van der Waals surface area contributed by atoms with Crippen molar-refractivity contribution in [3.63, 3.8) is 0 Å². The zero-order valence-electron chi connectivity index (χ0n) is 11.1. The Morgan fingerprint density at radius 2 is 1.84 bits per heavy atom. The smallest absolute Gasteiger partial charge is 0.147 e. The van der Waals surface area contributed by atoms with E-state index in [9.17, 15) is 0 Å². The summed E-state index contributed by atoms with van der Waals surface area (Å²) in [4.78, 5) is 0. The van der Waals surface area contributed by atoms with E-state index >= 15 is 0 Å². The second-order valence-electron chi connectivity index (χ2n) is 4.92. The summed E-state index contributed by atoms with van der Waals surface area (Å²) in [5, 5.41) is 0. The Balaban J connectivity index is 0.00000110. The molecular formula is C18H13Li. The quantitative estimate of drug-likeness (QED) is 0.442. The maximum atomic E-state index is 3.61. The Labute approximate surface area is 126 Å². The van der Waals surface area contributed by atoms with Crippen LogP contribution in [0, 0.1) is 6.07 Å². The summed E-state index contributed by atoms with van der Waals surface area (Å²) in [6.45, 7) is 0. The van der Waals surface area contributed by atoms with Crippen LogP contribution in [0.2, 0.25) is 0 Å². The van der Waals surface area contributed by atoms with Crippen LogP contribution in [-0.2, 0) is 6.42 Å². The second kappa shape index (κ2) is 4.89. The Bertz CT molecular complexity index is 693. The predicted molar refractivity (Wildman–Crippen MR) is 75.3 cm³/mol. The standard InChI is InChI=1S/C18H13.Li/c1-2-6-13(5-1)14-9-10-18-16(11-14)12-15-7-3-4-8-17(15)18;/h1-5,7-10H,6,12H2;/q-1;+1. The van der Waals surface area contributed by atoms with Crippen molar-refractivity contribution in [2.24, 2.45) is 0 Å². The van der Waals surface area contributed by atoms with Gasteiger partial charge in [-0.1, -0.05) is 47.5 Å². The third-order valence-electron chi connectivity index (χ3n) is 3.82. The van der Waals surface area contributed by atoms with Crippen LogP contribution < -0.4 is 18.9 Å². The molecule has 0 amide bonds. The average molecular weight is 236 g/mol. The van der Waals surface area contributed by atoms with Crippen LogP contribution in [-0.4, -0.2) is 0 Å². The van der Waals surface area contributed by atoms with Crippen LogP contribution in [0.1, 0.15) is 23.1 Å². The summed E-state index contributed by atoms with van der Waals surface area (Å²) in [6.07, 6.45) is 8.60. The van der Waals surface area contributed by atoms with E-state index in [1.54, 1.807) is 0 Å². The van der Waals surface area contributed by atoms with Gasteiger partial charge in [0.05, 0.1) is 0 Å². The summed E-state index contributed by atoms with van der Waals surface area (Å²) in [6, 6.07) is 16.7. The molecule has 0 fully saturated rings. The van der Waals surface area contributed by atoms with Crippen LogP contribution in [0.15, 0.2) is 54.6 Å². The molecular weight excluding hydrogens is 223 g/mol. The van der Waals surface area contributed by atoms with Gasteiger partial charge >= 0.3 is 18.9 Å². The summed E-state index contributed by atoms with van der Waals surface area (Å²) in [5.41, 5.74) is 8.16. The van der Waals surface area contributed by atoms with Crippen LogP contribution in [0.5, 0.6) is 0 Å². The van der Waals surface area contributed by atoms with E-state index in [-0.39, 0.29) is 18.9 Å². The molecule has 0 spiro atoms. The summed E-state index contributed by atoms with van der Waals surface area (Å²) < 4.78 is 0. The molecule has 0 N–H and O–H groups in total. The van der Waals surface area contributed by atoms with Crippen LogP contribution in [0.4, 0.5) is 0 Å². The Morgan fingerprint density at radius 1 is 0.947 bits per heavy atom. The van der Waals surface area contributed by atoms with Gasteiger partial charge in [-0.15, -0.1) is 41.0 Å². The molecule has 2 aliphatic carbocycles. The zero-order valence-corrected chi connectivity index (χ0v) is 11.1. The number of allylic oxidation sites excluding steroid dienone is 4. The predicted octanol–water partition coefficient (Wildman–Crippen LogP) is 1.41. The fraction of sp³-hybridized carbons (Fsp3) is 0.111. The van der Waals surface area contributed by atoms with Crippen molar-refractivity contribution >= 4 is 5.57 Å². The molecule has 0 nitrogen and oxygen atoms in total. The monoisotopic (exact) mass is 236 g/mol. The molecule has 0 aromatic heterocycles. The SMILES string of the molecule is [Li+].[c-]1c(C2=CC=CC2)ccc2c1Cc1ccccc1-2. The van der Waals surface area contributed by atoms with Gasteiger partial charge in [-0.25, -0.2) is 0 Å². The molecule has 2 aromatic rings.